The Morgan fingerprint density at radius 1 is 1.31 bits per heavy atom. The number of carbonyl (C=O) groups is 1. The number of likely N-dealkylation sites (N-methyl/N-ethyl adjacent to an activating group) is 1. The lowest BCUT2D eigenvalue weighted by Crippen LogP contribution is -2.45. The Morgan fingerprint density at radius 3 is 2.73 bits per heavy atom. The van der Waals surface area contributed by atoms with E-state index in [2.05, 4.69) is 4.99 Å². The molecule has 7 heteroatoms. The highest BCUT2D eigenvalue weighted by Crippen LogP contribution is 2.47. The summed E-state index contributed by atoms with van der Waals surface area (Å²) < 4.78 is 19.6. The summed E-state index contributed by atoms with van der Waals surface area (Å²) in [5.41, 5.74) is 6.77. The Kier molecular flexibility index (Phi) is 3.70. The number of amides is 1. The maximum Gasteiger partial charge on any atom is 0.261 e. The molecule has 5 nitrogen and oxygen atoms in total. The van der Waals surface area contributed by atoms with Crippen LogP contribution in [0.1, 0.15) is 18.9 Å². The normalized spacial score (nSPS) is 24.5. The van der Waals surface area contributed by atoms with Crippen LogP contribution < -0.4 is 10.5 Å². The van der Waals surface area contributed by atoms with E-state index in [-0.39, 0.29) is 18.0 Å². The minimum atomic E-state index is -1.11. The molecule has 0 saturated carbocycles. The van der Waals surface area contributed by atoms with E-state index in [0.29, 0.717) is 28.3 Å². The van der Waals surface area contributed by atoms with Gasteiger partial charge in [0.15, 0.2) is 11.5 Å². The third-order valence-electron chi connectivity index (χ3n) is 4.84. The summed E-state index contributed by atoms with van der Waals surface area (Å²) in [6, 6.07) is 9.71. The van der Waals surface area contributed by atoms with Crippen molar-refractivity contribution in [3.05, 3.63) is 52.8 Å². The number of guanidine groups is 1. The van der Waals surface area contributed by atoms with Crippen molar-refractivity contribution in [2.75, 3.05) is 7.05 Å². The Bertz CT molecular complexity index is 942. The van der Waals surface area contributed by atoms with Crippen LogP contribution in [0.3, 0.4) is 0 Å². The van der Waals surface area contributed by atoms with Crippen molar-refractivity contribution in [3.63, 3.8) is 0 Å². The van der Waals surface area contributed by atoms with Crippen LogP contribution in [0, 0.1) is 5.82 Å². The highest BCUT2D eigenvalue weighted by atomic mass is 35.5. The van der Waals surface area contributed by atoms with Crippen molar-refractivity contribution in [2.45, 2.75) is 25.0 Å². The van der Waals surface area contributed by atoms with Gasteiger partial charge in [0.2, 0.25) is 0 Å². The average Bonchev–Trinajstić information content (AvgIpc) is 2.78. The third-order valence-corrected chi connectivity index (χ3v) is 5.06. The third kappa shape index (κ3) is 2.44. The fourth-order valence-corrected chi connectivity index (χ4v) is 3.87. The van der Waals surface area contributed by atoms with Crippen LogP contribution >= 0.6 is 11.6 Å². The van der Waals surface area contributed by atoms with Crippen LogP contribution in [0.2, 0.25) is 5.02 Å². The van der Waals surface area contributed by atoms with Crippen LogP contribution in [0.15, 0.2) is 41.4 Å². The number of rotatable bonds is 1. The Hall–Kier alpha value is -2.60. The molecule has 0 saturated heterocycles. The number of halogens is 2. The number of benzene rings is 2. The molecule has 0 fully saturated rings. The molecule has 4 rings (SSSR count). The summed E-state index contributed by atoms with van der Waals surface area (Å²) in [6.45, 7) is 1.89. The van der Waals surface area contributed by atoms with E-state index in [4.69, 9.17) is 22.1 Å². The standard InChI is InChI=1S/C19H17ClFN3O2/c1-10-9-19(17(25)24(2)18(22)23-19)15-7-11(3-4-16(15)26-10)12-5-13(20)8-14(21)6-12/h3-8,10H,9H2,1-2H3,(H2,22,23)/t10?,19-/m1/s1. The zero-order chi connectivity index (χ0) is 18.6. The van der Waals surface area contributed by atoms with E-state index in [9.17, 15) is 9.18 Å². The second kappa shape index (κ2) is 5.71. The monoisotopic (exact) mass is 373 g/mol. The maximum absolute atomic E-state index is 13.8. The summed E-state index contributed by atoms with van der Waals surface area (Å²) in [5.74, 6) is 0.133. The summed E-state index contributed by atoms with van der Waals surface area (Å²) >= 11 is 5.98. The van der Waals surface area contributed by atoms with Gasteiger partial charge in [-0.2, -0.15) is 0 Å². The zero-order valence-electron chi connectivity index (χ0n) is 14.3. The van der Waals surface area contributed by atoms with Crippen LogP contribution in [0.25, 0.3) is 11.1 Å². The molecular weight excluding hydrogens is 357 g/mol. The van der Waals surface area contributed by atoms with Gasteiger partial charge in [-0.15, -0.1) is 0 Å². The van der Waals surface area contributed by atoms with Gasteiger partial charge >= 0.3 is 0 Å². The Balaban J connectivity index is 1.91. The molecule has 1 unspecified atom stereocenters. The van der Waals surface area contributed by atoms with Crippen molar-refractivity contribution in [2.24, 2.45) is 10.7 Å². The molecule has 0 radical (unpaired) electrons. The minimum absolute atomic E-state index is 0.175. The zero-order valence-corrected chi connectivity index (χ0v) is 15.0. The van der Waals surface area contributed by atoms with E-state index >= 15 is 0 Å². The molecule has 2 N–H and O–H groups in total. The van der Waals surface area contributed by atoms with Crippen molar-refractivity contribution < 1.29 is 13.9 Å². The number of nitrogens with two attached hydrogens (primary N) is 1. The van der Waals surface area contributed by atoms with Gasteiger partial charge in [-0.3, -0.25) is 9.69 Å². The predicted molar refractivity (Wildman–Crippen MR) is 97.6 cm³/mol. The van der Waals surface area contributed by atoms with Crippen LogP contribution in [-0.4, -0.2) is 29.9 Å². The lowest BCUT2D eigenvalue weighted by molar-refractivity contribution is -0.132. The van der Waals surface area contributed by atoms with Crippen LogP contribution in [0.4, 0.5) is 4.39 Å². The van der Waals surface area contributed by atoms with Gasteiger partial charge in [0.1, 0.15) is 11.6 Å². The number of hydrogen-bond donors (Lipinski definition) is 1. The predicted octanol–water partition coefficient (Wildman–Crippen LogP) is 3.30. The highest BCUT2D eigenvalue weighted by molar-refractivity contribution is 6.30. The van der Waals surface area contributed by atoms with E-state index in [1.54, 1.807) is 25.2 Å². The lowest BCUT2D eigenvalue weighted by Gasteiger charge is -2.35. The smallest absolute Gasteiger partial charge is 0.261 e. The van der Waals surface area contributed by atoms with Gasteiger partial charge in [-0.1, -0.05) is 17.7 Å². The van der Waals surface area contributed by atoms with Crippen molar-refractivity contribution in [3.8, 4) is 16.9 Å². The summed E-state index contributed by atoms with van der Waals surface area (Å²) in [7, 11) is 1.60. The van der Waals surface area contributed by atoms with Crippen LogP contribution in [-0.2, 0) is 10.3 Å². The molecule has 2 aliphatic rings. The fraction of sp³-hybridized carbons (Fsp3) is 0.263. The first kappa shape index (κ1) is 16.8. The van der Waals surface area contributed by atoms with E-state index in [1.165, 1.54) is 17.0 Å². The largest absolute Gasteiger partial charge is 0.490 e. The Labute approximate surface area is 155 Å². The molecular formula is C19H17ClFN3O2. The van der Waals surface area contributed by atoms with Gasteiger partial charge in [-0.05, 0) is 48.4 Å². The van der Waals surface area contributed by atoms with Crippen molar-refractivity contribution in [1.82, 2.24) is 4.90 Å². The van der Waals surface area contributed by atoms with Gasteiger partial charge in [0, 0.05) is 24.1 Å². The molecule has 134 valence electrons. The Morgan fingerprint density at radius 2 is 2.08 bits per heavy atom. The summed E-state index contributed by atoms with van der Waals surface area (Å²) in [4.78, 5) is 18.8. The summed E-state index contributed by atoms with van der Waals surface area (Å²) in [5, 5.41) is 0.302. The number of fused-ring (bicyclic) bond motifs is 2. The minimum Gasteiger partial charge on any atom is -0.490 e. The van der Waals surface area contributed by atoms with Crippen molar-refractivity contribution in [1.29, 1.82) is 0 Å². The number of hydrogen-bond acceptors (Lipinski definition) is 4. The second-order valence-electron chi connectivity index (χ2n) is 6.70. The molecule has 2 atom stereocenters. The molecule has 0 aliphatic carbocycles. The first-order valence-corrected chi connectivity index (χ1v) is 8.59. The molecule has 1 spiro atoms. The van der Waals surface area contributed by atoms with Crippen LogP contribution in [0.5, 0.6) is 5.75 Å². The number of aliphatic imine (C=N–C) groups is 1. The average molecular weight is 374 g/mol. The SMILES string of the molecule is CC1C[C@@]2(N=C(N)N(C)C2=O)c2cc(-c3cc(F)cc(Cl)c3)ccc2O1. The topological polar surface area (TPSA) is 67.9 Å². The molecule has 1 amide bonds. The molecule has 2 heterocycles. The second-order valence-corrected chi connectivity index (χ2v) is 7.13. The van der Waals surface area contributed by atoms with Gasteiger partial charge in [0.05, 0.1) is 6.10 Å². The van der Waals surface area contributed by atoms with Gasteiger partial charge in [0.25, 0.3) is 5.91 Å². The molecule has 26 heavy (non-hydrogen) atoms. The lowest BCUT2D eigenvalue weighted by atomic mass is 9.81. The maximum atomic E-state index is 13.8. The van der Waals surface area contributed by atoms with E-state index < -0.39 is 11.4 Å². The van der Waals surface area contributed by atoms with Gasteiger partial charge in [-0.25, -0.2) is 9.38 Å². The molecule has 2 aromatic rings. The highest BCUT2D eigenvalue weighted by Gasteiger charge is 2.52. The molecule has 0 aromatic heterocycles. The quantitative estimate of drug-likeness (QED) is 0.834. The molecule has 2 aliphatic heterocycles. The number of nitrogens with zero attached hydrogens (tertiary/aromatic N) is 2. The number of carbonyl (C=O) groups excluding carboxylic acids is 1. The molecule has 0 bridgehead atoms. The first-order valence-electron chi connectivity index (χ1n) is 8.21. The summed E-state index contributed by atoms with van der Waals surface area (Å²) in [6.07, 6.45) is 0.195. The van der Waals surface area contributed by atoms with E-state index in [1.807, 2.05) is 13.0 Å². The number of ether oxygens (including phenoxy) is 1. The molecule has 2 aromatic carbocycles. The van der Waals surface area contributed by atoms with Gasteiger partial charge < -0.3 is 10.5 Å². The first-order chi connectivity index (χ1) is 12.3. The fourth-order valence-electron chi connectivity index (χ4n) is 3.65. The van der Waals surface area contributed by atoms with Crippen molar-refractivity contribution >= 4 is 23.5 Å². The van der Waals surface area contributed by atoms with E-state index in [0.717, 1.165) is 5.56 Å².